The third kappa shape index (κ3) is 3.45. The molecule has 1 aromatic heterocycles. The number of hydrogen-bond donors (Lipinski definition) is 1. The van der Waals surface area contributed by atoms with Crippen molar-refractivity contribution in [2.24, 2.45) is 5.41 Å². The minimum Gasteiger partial charge on any atom is -0.334 e. The second kappa shape index (κ2) is 8.00. The Labute approximate surface area is 202 Å². The fourth-order valence-electron chi connectivity index (χ4n) is 6.25. The summed E-state index contributed by atoms with van der Waals surface area (Å²) in [6.07, 6.45) is 8.01. The summed E-state index contributed by atoms with van der Waals surface area (Å²) in [5, 5.41) is 10.7. The van der Waals surface area contributed by atoms with E-state index in [4.69, 9.17) is 0 Å². The molecule has 35 heavy (non-hydrogen) atoms. The molecule has 1 aliphatic carbocycles. The maximum absolute atomic E-state index is 13.3. The van der Waals surface area contributed by atoms with Gasteiger partial charge in [0.2, 0.25) is 11.8 Å². The number of fused-ring (bicyclic) bond motifs is 1. The molecule has 10 heteroatoms. The molecule has 4 heterocycles. The molecule has 2 saturated heterocycles. The fourth-order valence-corrected chi connectivity index (χ4v) is 6.25. The molecular formula is C25H28N6O4. The van der Waals surface area contributed by atoms with E-state index >= 15 is 0 Å². The summed E-state index contributed by atoms with van der Waals surface area (Å²) in [6, 6.07) is 4.87. The van der Waals surface area contributed by atoms with Crippen LogP contribution in [0, 0.1) is 5.41 Å². The van der Waals surface area contributed by atoms with Gasteiger partial charge in [-0.2, -0.15) is 0 Å². The van der Waals surface area contributed by atoms with Crippen LogP contribution in [0.3, 0.4) is 0 Å². The molecule has 1 N–H and O–H groups in total. The number of hydrogen-bond acceptors (Lipinski definition) is 6. The first kappa shape index (κ1) is 21.9. The molecule has 0 bridgehead atoms. The summed E-state index contributed by atoms with van der Waals surface area (Å²) in [6.45, 7) is 3.18. The van der Waals surface area contributed by atoms with Gasteiger partial charge in [0.25, 0.3) is 11.8 Å². The lowest BCUT2D eigenvalue weighted by Gasteiger charge is -2.54. The van der Waals surface area contributed by atoms with Crippen LogP contribution < -0.4 is 5.32 Å². The number of carbonyl (C=O) groups excluding carboxylic acids is 4. The second-order valence-electron chi connectivity index (χ2n) is 10.3. The molecular weight excluding hydrogens is 448 g/mol. The highest BCUT2D eigenvalue weighted by Crippen LogP contribution is 2.51. The standard InChI is InChI=1S/C25H28N6O4/c1-15-25(8-2-9-25)10-3-11-29(15)24(35)19-14-31(28-27-19)17-4-5-18-16(12-17)13-30(23(18)34)20-6-7-21(32)26-22(20)33/h4-5,12,14-15,20H,2-3,6-11,13H2,1H3,(H,26,32,33). The zero-order valence-corrected chi connectivity index (χ0v) is 19.7. The minimum atomic E-state index is -0.655. The van der Waals surface area contributed by atoms with Crippen LogP contribution in [-0.4, -0.2) is 67.1 Å². The smallest absolute Gasteiger partial charge is 0.276 e. The molecule has 1 spiro atoms. The Morgan fingerprint density at radius 1 is 1.14 bits per heavy atom. The van der Waals surface area contributed by atoms with Crippen LogP contribution >= 0.6 is 0 Å². The summed E-state index contributed by atoms with van der Waals surface area (Å²) >= 11 is 0. The maximum atomic E-state index is 13.3. The van der Waals surface area contributed by atoms with Gasteiger partial charge >= 0.3 is 0 Å². The van der Waals surface area contributed by atoms with E-state index in [-0.39, 0.29) is 42.1 Å². The average Bonchev–Trinajstić information content (AvgIpc) is 3.43. The second-order valence-corrected chi connectivity index (χ2v) is 10.3. The molecule has 4 amide bonds. The normalized spacial score (nSPS) is 25.5. The molecule has 0 radical (unpaired) electrons. The van der Waals surface area contributed by atoms with E-state index in [0.29, 0.717) is 23.4 Å². The predicted molar refractivity (Wildman–Crippen MR) is 123 cm³/mol. The van der Waals surface area contributed by atoms with Crippen molar-refractivity contribution in [3.63, 3.8) is 0 Å². The van der Waals surface area contributed by atoms with Crippen LogP contribution in [0.2, 0.25) is 0 Å². The van der Waals surface area contributed by atoms with Crippen molar-refractivity contribution in [3.05, 3.63) is 41.2 Å². The monoisotopic (exact) mass is 476 g/mol. The first-order valence-corrected chi connectivity index (χ1v) is 12.4. The van der Waals surface area contributed by atoms with Gasteiger partial charge in [-0.05, 0) is 68.2 Å². The Morgan fingerprint density at radius 3 is 2.69 bits per heavy atom. The van der Waals surface area contributed by atoms with Crippen molar-refractivity contribution in [1.29, 1.82) is 0 Å². The number of likely N-dealkylation sites (tertiary alicyclic amines) is 1. The Bertz CT molecular complexity index is 1250. The lowest BCUT2D eigenvalue weighted by Crippen LogP contribution is -2.55. The summed E-state index contributed by atoms with van der Waals surface area (Å²) in [7, 11) is 0. The third-order valence-electron chi connectivity index (χ3n) is 8.52. The molecule has 3 fully saturated rings. The SMILES string of the molecule is CC1N(C(=O)c2cn(-c3ccc4c(c3)CN(C3CCC(=O)NC3=O)C4=O)nn2)CCCC12CCC2. The van der Waals surface area contributed by atoms with Crippen molar-refractivity contribution in [3.8, 4) is 5.69 Å². The number of piperidine rings is 2. The van der Waals surface area contributed by atoms with Crippen molar-refractivity contribution in [2.75, 3.05) is 6.54 Å². The molecule has 1 saturated carbocycles. The van der Waals surface area contributed by atoms with E-state index in [0.717, 1.165) is 18.5 Å². The summed E-state index contributed by atoms with van der Waals surface area (Å²) in [4.78, 5) is 53.4. The van der Waals surface area contributed by atoms with Crippen LogP contribution in [0.5, 0.6) is 0 Å². The van der Waals surface area contributed by atoms with Crippen LogP contribution in [0.25, 0.3) is 5.69 Å². The Kier molecular flexibility index (Phi) is 5.01. The van der Waals surface area contributed by atoms with E-state index in [1.54, 1.807) is 23.0 Å². The van der Waals surface area contributed by atoms with Crippen LogP contribution in [-0.2, 0) is 16.1 Å². The molecule has 2 atom stereocenters. The summed E-state index contributed by atoms with van der Waals surface area (Å²) in [5.74, 6) is -1.05. The first-order valence-electron chi connectivity index (χ1n) is 12.4. The lowest BCUT2D eigenvalue weighted by molar-refractivity contribution is -0.136. The molecule has 6 rings (SSSR count). The zero-order chi connectivity index (χ0) is 24.3. The van der Waals surface area contributed by atoms with Gasteiger partial charge in [-0.15, -0.1) is 5.10 Å². The first-order chi connectivity index (χ1) is 16.9. The van der Waals surface area contributed by atoms with Crippen molar-refractivity contribution >= 4 is 23.6 Å². The highest BCUT2D eigenvalue weighted by molar-refractivity contribution is 6.05. The van der Waals surface area contributed by atoms with Crippen molar-refractivity contribution in [2.45, 2.75) is 70.5 Å². The molecule has 182 valence electrons. The molecule has 3 aliphatic heterocycles. The quantitative estimate of drug-likeness (QED) is 0.676. The summed E-state index contributed by atoms with van der Waals surface area (Å²) in [5.41, 5.74) is 2.58. The van der Waals surface area contributed by atoms with Crippen molar-refractivity contribution < 1.29 is 19.2 Å². The number of nitrogens with one attached hydrogen (secondary N) is 1. The number of amides is 4. The maximum Gasteiger partial charge on any atom is 0.276 e. The third-order valence-corrected chi connectivity index (χ3v) is 8.52. The van der Waals surface area contributed by atoms with E-state index in [2.05, 4.69) is 22.6 Å². The molecule has 1 aromatic carbocycles. The van der Waals surface area contributed by atoms with E-state index < -0.39 is 11.9 Å². The van der Waals surface area contributed by atoms with Crippen LogP contribution in [0.4, 0.5) is 0 Å². The van der Waals surface area contributed by atoms with Crippen LogP contribution in [0.1, 0.15) is 78.3 Å². The Balaban J connectivity index is 1.20. The van der Waals surface area contributed by atoms with Gasteiger partial charge in [-0.25, -0.2) is 4.68 Å². The topological polar surface area (TPSA) is 118 Å². The number of nitrogens with zero attached hydrogens (tertiary/aromatic N) is 5. The van der Waals surface area contributed by atoms with Crippen LogP contribution in [0.15, 0.2) is 24.4 Å². The molecule has 10 nitrogen and oxygen atoms in total. The van der Waals surface area contributed by atoms with E-state index in [1.165, 1.54) is 30.6 Å². The number of rotatable bonds is 3. The fraction of sp³-hybridized carbons (Fsp3) is 0.520. The van der Waals surface area contributed by atoms with Gasteiger partial charge in [0.05, 0.1) is 11.9 Å². The number of benzene rings is 1. The highest BCUT2D eigenvalue weighted by atomic mass is 16.2. The van der Waals surface area contributed by atoms with Crippen molar-refractivity contribution in [1.82, 2.24) is 30.1 Å². The lowest BCUT2D eigenvalue weighted by atomic mass is 9.60. The van der Waals surface area contributed by atoms with Gasteiger partial charge < -0.3 is 9.80 Å². The minimum absolute atomic E-state index is 0.0879. The van der Waals surface area contributed by atoms with Gasteiger partial charge in [0, 0.05) is 31.1 Å². The number of carbonyl (C=O) groups is 4. The summed E-state index contributed by atoms with van der Waals surface area (Å²) < 4.78 is 1.56. The van der Waals surface area contributed by atoms with Gasteiger partial charge in [0.1, 0.15) is 6.04 Å². The number of aromatic nitrogens is 3. The van der Waals surface area contributed by atoms with E-state index in [9.17, 15) is 19.2 Å². The zero-order valence-electron chi connectivity index (χ0n) is 19.7. The average molecular weight is 477 g/mol. The van der Waals surface area contributed by atoms with Gasteiger partial charge in [-0.1, -0.05) is 11.6 Å². The Morgan fingerprint density at radius 2 is 1.94 bits per heavy atom. The Hall–Kier alpha value is -3.56. The largest absolute Gasteiger partial charge is 0.334 e. The highest BCUT2D eigenvalue weighted by Gasteiger charge is 2.47. The molecule has 4 aliphatic rings. The van der Waals surface area contributed by atoms with E-state index in [1.807, 2.05) is 11.0 Å². The number of imide groups is 1. The van der Waals surface area contributed by atoms with Gasteiger partial charge in [-0.3, -0.25) is 24.5 Å². The predicted octanol–water partition coefficient (Wildman–Crippen LogP) is 1.82. The molecule has 2 aromatic rings. The van der Waals surface area contributed by atoms with Gasteiger partial charge in [0.15, 0.2) is 5.69 Å². The molecule has 2 unspecified atom stereocenters.